The summed E-state index contributed by atoms with van der Waals surface area (Å²) >= 11 is 1.74. The number of aromatic nitrogens is 2. The molecule has 0 amide bonds. The van der Waals surface area contributed by atoms with Crippen LogP contribution in [0.5, 0.6) is 0 Å². The van der Waals surface area contributed by atoms with Crippen molar-refractivity contribution in [3.05, 3.63) is 39.3 Å². The predicted molar refractivity (Wildman–Crippen MR) is 98.4 cm³/mol. The van der Waals surface area contributed by atoms with Crippen LogP contribution in [0.3, 0.4) is 0 Å². The van der Waals surface area contributed by atoms with E-state index in [4.69, 9.17) is 0 Å². The zero-order valence-corrected chi connectivity index (χ0v) is 15.5. The van der Waals surface area contributed by atoms with E-state index in [-0.39, 0.29) is 0 Å². The summed E-state index contributed by atoms with van der Waals surface area (Å²) in [7, 11) is 3.81. The second-order valence-electron chi connectivity index (χ2n) is 5.90. The van der Waals surface area contributed by atoms with Gasteiger partial charge in [-0.05, 0) is 61.6 Å². The molecule has 1 atom stereocenters. The van der Waals surface area contributed by atoms with E-state index >= 15 is 0 Å². The van der Waals surface area contributed by atoms with Gasteiger partial charge in [0, 0.05) is 32.4 Å². The molecule has 0 radical (unpaired) electrons. The Kier molecular flexibility index (Phi) is 6.21. The number of nitrogens with zero attached hydrogens (tertiary/aromatic N) is 3. The van der Waals surface area contributed by atoms with Crippen LogP contribution in [0.15, 0.2) is 21.8 Å². The molecular formula is C17H27N5S. The molecule has 0 aliphatic heterocycles. The van der Waals surface area contributed by atoms with Gasteiger partial charge in [0.25, 0.3) is 0 Å². The van der Waals surface area contributed by atoms with Crippen molar-refractivity contribution < 1.29 is 0 Å². The number of hydrogen-bond donors (Lipinski definition) is 2. The Bertz CT molecular complexity index is 642. The van der Waals surface area contributed by atoms with Crippen molar-refractivity contribution in [2.75, 3.05) is 13.6 Å². The first-order valence-electron chi connectivity index (χ1n) is 7.98. The number of thiophene rings is 1. The van der Waals surface area contributed by atoms with Crippen molar-refractivity contribution in [1.29, 1.82) is 0 Å². The van der Waals surface area contributed by atoms with Gasteiger partial charge in [-0.3, -0.25) is 9.67 Å². The minimum absolute atomic E-state index is 0.295. The lowest BCUT2D eigenvalue weighted by molar-refractivity contribution is 0.635. The van der Waals surface area contributed by atoms with Crippen molar-refractivity contribution >= 4 is 17.3 Å². The summed E-state index contributed by atoms with van der Waals surface area (Å²) in [6.45, 7) is 7.25. The van der Waals surface area contributed by atoms with E-state index in [1.54, 1.807) is 11.3 Å². The van der Waals surface area contributed by atoms with Gasteiger partial charge < -0.3 is 10.6 Å². The second-order valence-corrected chi connectivity index (χ2v) is 6.68. The second kappa shape index (κ2) is 8.15. The van der Waals surface area contributed by atoms with Crippen LogP contribution < -0.4 is 10.6 Å². The van der Waals surface area contributed by atoms with E-state index in [2.05, 4.69) is 58.3 Å². The number of guanidine groups is 1. The standard InChI is InChI=1S/C17H27N5S/c1-12(10-16-13(2)21-22(5)14(16)3)20-17(18-4)19-8-6-15-7-9-23-11-15/h7,9,11-12H,6,8,10H2,1-5H3,(H2,18,19,20). The van der Waals surface area contributed by atoms with E-state index < -0.39 is 0 Å². The van der Waals surface area contributed by atoms with Gasteiger partial charge in [-0.2, -0.15) is 16.4 Å². The van der Waals surface area contributed by atoms with Crippen LogP contribution in [-0.2, 0) is 19.9 Å². The molecule has 6 heteroatoms. The number of nitrogens with one attached hydrogen (secondary N) is 2. The average molecular weight is 334 g/mol. The predicted octanol–water partition coefficient (Wildman–Crippen LogP) is 2.44. The Labute approximate surface area is 142 Å². The zero-order valence-electron chi connectivity index (χ0n) is 14.7. The molecule has 2 rings (SSSR count). The molecule has 0 aliphatic rings. The van der Waals surface area contributed by atoms with Crippen LogP contribution in [0.2, 0.25) is 0 Å². The fourth-order valence-corrected chi connectivity index (χ4v) is 3.36. The molecule has 2 heterocycles. The maximum Gasteiger partial charge on any atom is 0.191 e. The Morgan fingerprint density at radius 2 is 2.22 bits per heavy atom. The summed E-state index contributed by atoms with van der Waals surface area (Å²) < 4.78 is 1.95. The molecule has 0 aromatic carbocycles. The Hall–Kier alpha value is -1.82. The van der Waals surface area contributed by atoms with E-state index in [1.807, 2.05) is 18.8 Å². The van der Waals surface area contributed by atoms with Crippen LogP contribution in [-0.4, -0.2) is 35.4 Å². The lowest BCUT2D eigenvalue weighted by atomic mass is 10.1. The highest BCUT2D eigenvalue weighted by Gasteiger charge is 2.13. The maximum atomic E-state index is 4.49. The normalized spacial score (nSPS) is 13.2. The molecule has 2 aromatic heterocycles. The van der Waals surface area contributed by atoms with Crippen molar-refractivity contribution in [1.82, 2.24) is 20.4 Å². The lowest BCUT2D eigenvalue weighted by Crippen LogP contribution is -2.43. The van der Waals surface area contributed by atoms with E-state index in [0.29, 0.717) is 6.04 Å². The van der Waals surface area contributed by atoms with Gasteiger partial charge in [0.05, 0.1) is 5.69 Å². The van der Waals surface area contributed by atoms with Crippen LogP contribution in [0.25, 0.3) is 0 Å². The molecule has 2 aromatic rings. The summed E-state index contributed by atoms with van der Waals surface area (Å²) in [6, 6.07) is 2.46. The Balaban J connectivity index is 1.83. The average Bonchev–Trinajstić information content (AvgIpc) is 3.11. The minimum atomic E-state index is 0.295. The van der Waals surface area contributed by atoms with Crippen LogP contribution in [0.1, 0.15) is 29.4 Å². The maximum absolute atomic E-state index is 4.49. The number of aryl methyl sites for hydroxylation is 2. The molecule has 0 spiro atoms. The highest BCUT2D eigenvalue weighted by molar-refractivity contribution is 7.07. The van der Waals surface area contributed by atoms with Crippen LogP contribution >= 0.6 is 11.3 Å². The van der Waals surface area contributed by atoms with Crippen molar-refractivity contribution in [2.24, 2.45) is 12.0 Å². The molecule has 0 bridgehead atoms. The third-order valence-electron chi connectivity index (χ3n) is 4.06. The third-order valence-corrected chi connectivity index (χ3v) is 4.79. The van der Waals surface area contributed by atoms with Gasteiger partial charge in [0.2, 0.25) is 0 Å². The molecule has 0 aliphatic carbocycles. The largest absolute Gasteiger partial charge is 0.356 e. The van der Waals surface area contributed by atoms with Gasteiger partial charge >= 0.3 is 0 Å². The molecule has 23 heavy (non-hydrogen) atoms. The summed E-state index contributed by atoms with van der Waals surface area (Å²) in [5.41, 5.74) is 5.03. The Morgan fingerprint density at radius 1 is 1.43 bits per heavy atom. The molecule has 126 valence electrons. The van der Waals surface area contributed by atoms with Gasteiger partial charge in [0.15, 0.2) is 5.96 Å². The monoisotopic (exact) mass is 333 g/mol. The number of rotatable bonds is 6. The first kappa shape index (κ1) is 17.5. The molecule has 0 fully saturated rings. The van der Waals surface area contributed by atoms with Crippen molar-refractivity contribution in [3.63, 3.8) is 0 Å². The Morgan fingerprint density at radius 3 is 2.78 bits per heavy atom. The summed E-state index contributed by atoms with van der Waals surface area (Å²) in [4.78, 5) is 4.31. The first-order valence-corrected chi connectivity index (χ1v) is 8.93. The van der Waals surface area contributed by atoms with Crippen molar-refractivity contribution in [2.45, 2.75) is 39.7 Å². The van der Waals surface area contributed by atoms with Gasteiger partial charge in [0.1, 0.15) is 0 Å². The lowest BCUT2D eigenvalue weighted by Gasteiger charge is -2.18. The first-order chi connectivity index (χ1) is 11.0. The molecule has 1 unspecified atom stereocenters. The van der Waals surface area contributed by atoms with E-state index in [1.165, 1.54) is 16.8 Å². The van der Waals surface area contributed by atoms with Gasteiger partial charge in [-0.15, -0.1) is 0 Å². The molecule has 0 saturated heterocycles. The summed E-state index contributed by atoms with van der Waals surface area (Å²) in [6.07, 6.45) is 1.95. The molecule has 0 saturated carbocycles. The summed E-state index contributed by atoms with van der Waals surface area (Å²) in [5.74, 6) is 0.854. The SMILES string of the molecule is CN=C(NCCc1ccsc1)NC(C)Cc1c(C)nn(C)c1C. The van der Waals surface area contributed by atoms with Gasteiger partial charge in [-0.1, -0.05) is 0 Å². The fourth-order valence-electron chi connectivity index (χ4n) is 2.66. The highest BCUT2D eigenvalue weighted by Crippen LogP contribution is 2.14. The minimum Gasteiger partial charge on any atom is -0.356 e. The third kappa shape index (κ3) is 4.82. The number of aliphatic imine (C=N–C) groups is 1. The highest BCUT2D eigenvalue weighted by atomic mass is 32.1. The quantitative estimate of drug-likeness (QED) is 0.631. The van der Waals surface area contributed by atoms with Crippen molar-refractivity contribution in [3.8, 4) is 0 Å². The van der Waals surface area contributed by atoms with Crippen LogP contribution in [0, 0.1) is 13.8 Å². The van der Waals surface area contributed by atoms with E-state index in [9.17, 15) is 0 Å². The van der Waals surface area contributed by atoms with E-state index in [0.717, 1.165) is 31.0 Å². The molecule has 2 N–H and O–H groups in total. The fraction of sp³-hybridized carbons (Fsp3) is 0.529. The molecule has 5 nitrogen and oxygen atoms in total. The van der Waals surface area contributed by atoms with Gasteiger partial charge in [-0.25, -0.2) is 0 Å². The zero-order chi connectivity index (χ0) is 16.8. The summed E-state index contributed by atoms with van der Waals surface area (Å²) in [5, 5.41) is 15.6. The van der Waals surface area contributed by atoms with Crippen LogP contribution in [0.4, 0.5) is 0 Å². The topological polar surface area (TPSA) is 54.2 Å². The smallest absolute Gasteiger partial charge is 0.191 e. The molecular weight excluding hydrogens is 306 g/mol. The number of hydrogen-bond acceptors (Lipinski definition) is 3.